The molecule has 72 valence electrons. The highest BCUT2D eigenvalue weighted by Crippen LogP contribution is 2.20. The van der Waals surface area contributed by atoms with Gasteiger partial charge in [0.25, 0.3) is 0 Å². The maximum Gasteiger partial charge on any atom is 0.231 e. The number of halogens is 1. The number of nitrogens with one attached hydrogen (secondary N) is 1. The summed E-state index contributed by atoms with van der Waals surface area (Å²) >= 11 is 5.38. The number of rotatable bonds is 2. The Kier molecular flexibility index (Phi) is 2.58. The lowest BCUT2D eigenvalue weighted by Crippen LogP contribution is -2.11. The quantitative estimate of drug-likeness (QED) is 0.699. The van der Waals surface area contributed by atoms with Crippen molar-refractivity contribution >= 4 is 27.4 Å². The predicted octanol–water partition coefficient (Wildman–Crippen LogP) is 0.207. The summed E-state index contributed by atoms with van der Waals surface area (Å²) in [6.07, 6.45) is 1.94. The Bertz CT molecular complexity index is 419. The third kappa shape index (κ3) is 3.03. The summed E-state index contributed by atoms with van der Waals surface area (Å²) in [5, 5.41) is 8.94. The predicted molar refractivity (Wildman–Crippen MR) is 47.2 cm³/mol. The molecule has 0 aliphatic carbocycles. The Hall–Kier alpha value is -1.08. The molecular weight excluding hydrogens is 218 g/mol. The summed E-state index contributed by atoms with van der Waals surface area (Å²) in [6.45, 7) is 0. The fourth-order valence-corrected chi connectivity index (χ4v) is 1.24. The van der Waals surface area contributed by atoms with Crippen LogP contribution in [0.4, 0.5) is 5.82 Å². The molecule has 0 bridgehead atoms. The topological polar surface area (TPSA) is 92.2 Å². The zero-order valence-electron chi connectivity index (χ0n) is 6.52. The van der Waals surface area contributed by atoms with Gasteiger partial charge in [0.15, 0.2) is 11.6 Å². The molecular formula is C5H6ClN3O3S. The van der Waals surface area contributed by atoms with Crippen LogP contribution in [0.2, 0.25) is 5.28 Å². The van der Waals surface area contributed by atoms with Gasteiger partial charge in [-0.3, -0.25) is 4.72 Å². The third-order valence-electron chi connectivity index (χ3n) is 1.02. The maximum absolute atomic E-state index is 10.7. The first-order valence-electron chi connectivity index (χ1n) is 3.08. The van der Waals surface area contributed by atoms with E-state index < -0.39 is 10.0 Å². The van der Waals surface area contributed by atoms with Crippen LogP contribution >= 0.6 is 11.6 Å². The van der Waals surface area contributed by atoms with Crippen molar-refractivity contribution in [2.24, 2.45) is 0 Å². The number of hydrogen-bond acceptors (Lipinski definition) is 5. The minimum Gasteiger partial charge on any atom is -0.503 e. The number of nitrogens with zero attached hydrogens (tertiary/aromatic N) is 2. The average molecular weight is 224 g/mol. The minimum absolute atomic E-state index is 0.149. The Balaban J connectivity index is 3.08. The second kappa shape index (κ2) is 3.35. The molecule has 1 rings (SSSR count). The van der Waals surface area contributed by atoms with Crippen molar-refractivity contribution in [3.8, 4) is 5.75 Å². The molecule has 13 heavy (non-hydrogen) atoms. The molecule has 0 unspecified atom stereocenters. The van der Waals surface area contributed by atoms with E-state index in [1.807, 2.05) is 4.72 Å². The fourth-order valence-electron chi connectivity index (χ4n) is 0.605. The molecule has 0 aromatic carbocycles. The highest BCUT2D eigenvalue weighted by atomic mass is 35.5. The number of aromatic nitrogens is 2. The molecule has 0 saturated carbocycles. The van der Waals surface area contributed by atoms with Crippen molar-refractivity contribution in [2.75, 3.05) is 11.0 Å². The summed E-state index contributed by atoms with van der Waals surface area (Å²) in [5.41, 5.74) is 0. The highest BCUT2D eigenvalue weighted by Gasteiger charge is 2.09. The van der Waals surface area contributed by atoms with E-state index in [1.54, 1.807) is 0 Å². The van der Waals surface area contributed by atoms with Crippen molar-refractivity contribution < 1.29 is 13.5 Å². The van der Waals surface area contributed by atoms with Crippen molar-refractivity contribution in [3.63, 3.8) is 0 Å². The van der Waals surface area contributed by atoms with E-state index in [2.05, 4.69) is 9.97 Å². The van der Waals surface area contributed by atoms with E-state index in [4.69, 9.17) is 16.7 Å². The molecule has 0 radical (unpaired) electrons. The van der Waals surface area contributed by atoms with E-state index in [1.165, 1.54) is 0 Å². The Labute approximate surface area is 79.6 Å². The number of aromatic hydroxyl groups is 1. The molecule has 2 N–H and O–H groups in total. The van der Waals surface area contributed by atoms with Crippen LogP contribution in [-0.2, 0) is 10.0 Å². The van der Waals surface area contributed by atoms with Crippen LogP contribution in [0.5, 0.6) is 5.75 Å². The van der Waals surface area contributed by atoms with Crippen molar-refractivity contribution in [2.45, 2.75) is 0 Å². The summed E-state index contributed by atoms with van der Waals surface area (Å²) < 4.78 is 23.5. The van der Waals surface area contributed by atoms with Crippen LogP contribution in [0.3, 0.4) is 0 Å². The van der Waals surface area contributed by atoms with Crippen LogP contribution in [0.15, 0.2) is 6.20 Å². The van der Waals surface area contributed by atoms with Crippen molar-refractivity contribution in [3.05, 3.63) is 11.5 Å². The molecule has 1 heterocycles. The minimum atomic E-state index is -3.48. The molecule has 0 aliphatic rings. The number of hydrogen-bond donors (Lipinski definition) is 2. The van der Waals surface area contributed by atoms with Crippen LogP contribution in [-0.4, -0.2) is 29.7 Å². The molecule has 6 nitrogen and oxygen atoms in total. The second-order valence-electron chi connectivity index (χ2n) is 2.25. The van der Waals surface area contributed by atoms with Crippen LogP contribution in [0.1, 0.15) is 0 Å². The van der Waals surface area contributed by atoms with Gasteiger partial charge in [0.2, 0.25) is 15.3 Å². The Morgan fingerprint density at radius 2 is 2.23 bits per heavy atom. The van der Waals surface area contributed by atoms with Crippen molar-refractivity contribution in [1.29, 1.82) is 0 Å². The first-order chi connectivity index (χ1) is 5.88. The zero-order chi connectivity index (χ0) is 10.1. The van der Waals surface area contributed by atoms with Gasteiger partial charge in [0.1, 0.15) is 0 Å². The molecule has 0 atom stereocenters. The van der Waals surface area contributed by atoms with Gasteiger partial charge in [-0.25, -0.2) is 13.4 Å². The van der Waals surface area contributed by atoms with Gasteiger partial charge in [0.05, 0.1) is 12.5 Å². The average Bonchev–Trinajstić information content (AvgIpc) is 1.94. The van der Waals surface area contributed by atoms with Gasteiger partial charge < -0.3 is 5.11 Å². The van der Waals surface area contributed by atoms with Gasteiger partial charge in [0, 0.05) is 0 Å². The summed E-state index contributed by atoms with van der Waals surface area (Å²) in [6, 6.07) is 0. The van der Waals surface area contributed by atoms with Gasteiger partial charge in [-0.1, -0.05) is 0 Å². The van der Waals surface area contributed by atoms with Crippen LogP contribution < -0.4 is 4.72 Å². The first-order valence-corrected chi connectivity index (χ1v) is 5.35. The van der Waals surface area contributed by atoms with Gasteiger partial charge in [-0.15, -0.1) is 0 Å². The zero-order valence-corrected chi connectivity index (χ0v) is 8.09. The Morgan fingerprint density at radius 1 is 1.62 bits per heavy atom. The molecule has 0 aliphatic heterocycles. The maximum atomic E-state index is 10.7. The normalized spacial score (nSPS) is 11.2. The first kappa shape index (κ1) is 10.0. The molecule has 1 aromatic heterocycles. The van der Waals surface area contributed by atoms with E-state index in [0.29, 0.717) is 0 Å². The fraction of sp³-hybridized carbons (Fsp3) is 0.200. The smallest absolute Gasteiger partial charge is 0.231 e. The summed E-state index contributed by atoms with van der Waals surface area (Å²) in [7, 11) is -3.48. The van der Waals surface area contributed by atoms with Gasteiger partial charge >= 0.3 is 0 Å². The van der Waals surface area contributed by atoms with E-state index >= 15 is 0 Å². The van der Waals surface area contributed by atoms with Gasteiger partial charge in [-0.05, 0) is 11.6 Å². The van der Waals surface area contributed by atoms with Crippen LogP contribution in [0, 0.1) is 0 Å². The standard InChI is InChI=1S/C5H6ClN3O3S/c1-13(11,12)9-4-3(10)2-7-5(6)8-4/h2,10H,1H3,(H,7,8,9). The number of sulfonamides is 1. The summed E-state index contributed by atoms with van der Waals surface area (Å²) in [4.78, 5) is 6.91. The lowest BCUT2D eigenvalue weighted by molar-refractivity contribution is 0.472. The van der Waals surface area contributed by atoms with Crippen molar-refractivity contribution in [1.82, 2.24) is 9.97 Å². The summed E-state index contributed by atoms with van der Waals surface area (Å²) in [5.74, 6) is -0.614. The van der Waals surface area contributed by atoms with Gasteiger partial charge in [-0.2, -0.15) is 4.98 Å². The lowest BCUT2D eigenvalue weighted by Gasteiger charge is -2.03. The molecule has 0 saturated heterocycles. The largest absolute Gasteiger partial charge is 0.503 e. The molecule has 8 heteroatoms. The van der Waals surface area contributed by atoms with E-state index in [9.17, 15) is 8.42 Å². The third-order valence-corrected chi connectivity index (χ3v) is 1.77. The number of anilines is 1. The van der Waals surface area contributed by atoms with E-state index in [-0.39, 0.29) is 16.9 Å². The SMILES string of the molecule is CS(=O)(=O)Nc1nc(Cl)ncc1O. The lowest BCUT2D eigenvalue weighted by atomic mass is 10.5. The molecule has 0 amide bonds. The highest BCUT2D eigenvalue weighted by molar-refractivity contribution is 7.92. The second-order valence-corrected chi connectivity index (χ2v) is 4.33. The molecule has 0 spiro atoms. The van der Waals surface area contributed by atoms with Crippen LogP contribution in [0.25, 0.3) is 0 Å². The Morgan fingerprint density at radius 3 is 2.77 bits per heavy atom. The van der Waals surface area contributed by atoms with E-state index in [0.717, 1.165) is 12.5 Å². The molecule has 1 aromatic rings. The monoisotopic (exact) mass is 223 g/mol. The molecule has 0 fully saturated rings.